The zero-order valence-corrected chi connectivity index (χ0v) is 13.1. The van der Waals surface area contributed by atoms with Crippen LogP contribution in [-0.4, -0.2) is 41.1 Å². The first-order valence-electron chi connectivity index (χ1n) is 7.84. The molecule has 0 unspecified atom stereocenters. The summed E-state index contributed by atoms with van der Waals surface area (Å²) in [5.41, 5.74) is 0.271. The van der Waals surface area contributed by atoms with Crippen LogP contribution in [0.1, 0.15) is 51.9 Å². The number of hydrogen-bond donors (Lipinski definition) is 1. The second-order valence-corrected chi connectivity index (χ2v) is 6.18. The Morgan fingerprint density at radius 1 is 1.40 bits per heavy atom. The molecule has 5 nitrogen and oxygen atoms in total. The van der Waals surface area contributed by atoms with E-state index in [-0.39, 0.29) is 5.41 Å². The maximum absolute atomic E-state index is 5.56. The summed E-state index contributed by atoms with van der Waals surface area (Å²) in [6, 6.07) is 0.369. The van der Waals surface area contributed by atoms with Crippen LogP contribution in [0.4, 0.5) is 0 Å². The molecule has 0 aromatic carbocycles. The first-order valence-corrected chi connectivity index (χ1v) is 7.84. The van der Waals surface area contributed by atoms with Crippen molar-refractivity contribution in [2.45, 2.75) is 52.5 Å². The van der Waals surface area contributed by atoms with Gasteiger partial charge in [0.25, 0.3) is 0 Å². The minimum atomic E-state index is 0.271. The summed E-state index contributed by atoms with van der Waals surface area (Å²) < 4.78 is 7.61. The van der Waals surface area contributed by atoms with Gasteiger partial charge in [-0.15, -0.1) is 0 Å². The molecule has 0 saturated carbocycles. The highest BCUT2D eigenvalue weighted by Gasteiger charge is 2.34. The predicted octanol–water partition coefficient (Wildman–Crippen LogP) is 2.20. The smallest absolute Gasteiger partial charge is 0.138 e. The second-order valence-electron chi connectivity index (χ2n) is 6.18. The molecule has 114 valence electrons. The van der Waals surface area contributed by atoms with E-state index < -0.39 is 0 Å². The van der Waals surface area contributed by atoms with Crippen molar-refractivity contribution in [3.63, 3.8) is 0 Å². The molecule has 2 rings (SSSR count). The fourth-order valence-electron chi connectivity index (χ4n) is 2.92. The van der Waals surface area contributed by atoms with Crippen molar-refractivity contribution in [1.82, 2.24) is 20.1 Å². The molecule has 2 heterocycles. The molecule has 0 radical (unpaired) electrons. The van der Waals surface area contributed by atoms with Gasteiger partial charge in [-0.05, 0) is 45.1 Å². The molecule has 1 fully saturated rings. The summed E-state index contributed by atoms with van der Waals surface area (Å²) in [5.74, 6) is 1.11. The zero-order valence-electron chi connectivity index (χ0n) is 13.1. The fourth-order valence-corrected chi connectivity index (χ4v) is 2.92. The molecular weight excluding hydrogens is 252 g/mol. The highest BCUT2D eigenvalue weighted by atomic mass is 16.5. The SMILES string of the molecule is CCCNCC1(Cc2ncnn2C(C)C)CCOCC1. The number of nitrogens with zero attached hydrogens (tertiary/aromatic N) is 3. The monoisotopic (exact) mass is 280 g/mol. The molecule has 0 amide bonds. The third-order valence-corrected chi connectivity index (χ3v) is 4.15. The van der Waals surface area contributed by atoms with E-state index in [9.17, 15) is 0 Å². The lowest BCUT2D eigenvalue weighted by molar-refractivity contribution is 0.0135. The van der Waals surface area contributed by atoms with Gasteiger partial charge in [0.05, 0.1) is 0 Å². The molecule has 1 aromatic rings. The quantitative estimate of drug-likeness (QED) is 0.778. The molecule has 0 spiro atoms. The standard InChI is InChI=1S/C15H28N4O/c1-4-7-16-11-15(5-8-20-9-6-15)10-14-17-12-18-19(14)13(2)3/h12-13,16H,4-11H2,1-3H3. The lowest BCUT2D eigenvalue weighted by atomic mass is 9.77. The molecule has 20 heavy (non-hydrogen) atoms. The lowest BCUT2D eigenvalue weighted by Crippen LogP contribution is -2.41. The Bertz CT molecular complexity index is 396. The van der Waals surface area contributed by atoms with Gasteiger partial charge >= 0.3 is 0 Å². The molecule has 1 aliphatic heterocycles. The van der Waals surface area contributed by atoms with E-state index in [0.29, 0.717) is 6.04 Å². The van der Waals surface area contributed by atoms with Crippen LogP contribution < -0.4 is 5.32 Å². The number of nitrogens with one attached hydrogen (secondary N) is 1. The maximum atomic E-state index is 5.56. The van der Waals surface area contributed by atoms with E-state index in [1.165, 1.54) is 6.42 Å². The molecule has 0 aliphatic carbocycles. The Balaban J connectivity index is 2.08. The van der Waals surface area contributed by atoms with Gasteiger partial charge < -0.3 is 10.1 Å². The van der Waals surface area contributed by atoms with Gasteiger partial charge in [0, 0.05) is 32.2 Å². The van der Waals surface area contributed by atoms with E-state index in [1.807, 2.05) is 0 Å². The first kappa shape index (κ1) is 15.4. The summed E-state index contributed by atoms with van der Waals surface area (Å²) >= 11 is 0. The number of ether oxygens (including phenoxy) is 1. The molecule has 1 aliphatic rings. The normalized spacial score (nSPS) is 18.6. The van der Waals surface area contributed by atoms with Crippen molar-refractivity contribution in [2.75, 3.05) is 26.3 Å². The van der Waals surface area contributed by atoms with Crippen LogP contribution in [0.2, 0.25) is 0 Å². The highest BCUT2D eigenvalue weighted by Crippen LogP contribution is 2.33. The summed E-state index contributed by atoms with van der Waals surface area (Å²) in [7, 11) is 0. The van der Waals surface area contributed by atoms with Crippen LogP contribution >= 0.6 is 0 Å². The van der Waals surface area contributed by atoms with Crippen LogP contribution in [0.25, 0.3) is 0 Å². The largest absolute Gasteiger partial charge is 0.381 e. The Morgan fingerprint density at radius 3 is 2.80 bits per heavy atom. The van der Waals surface area contributed by atoms with Gasteiger partial charge in [-0.25, -0.2) is 9.67 Å². The van der Waals surface area contributed by atoms with Crippen LogP contribution in [0.15, 0.2) is 6.33 Å². The van der Waals surface area contributed by atoms with Gasteiger partial charge in [0.1, 0.15) is 12.2 Å². The molecule has 5 heteroatoms. The average molecular weight is 280 g/mol. The maximum Gasteiger partial charge on any atom is 0.138 e. The van der Waals surface area contributed by atoms with Gasteiger partial charge in [0.2, 0.25) is 0 Å². The van der Waals surface area contributed by atoms with E-state index >= 15 is 0 Å². The van der Waals surface area contributed by atoms with Gasteiger partial charge in [0.15, 0.2) is 0 Å². The van der Waals surface area contributed by atoms with Crippen molar-refractivity contribution < 1.29 is 4.74 Å². The van der Waals surface area contributed by atoms with E-state index in [0.717, 1.165) is 51.4 Å². The fraction of sp³-hybridized carbons (Fsp3) is 0.867. The van der Waals surface area contributed by atoms with Crippen molar-refractivity contribution >= 4 is 0 Å². The Kier molecular flexibility index (Phi) is 5.54. The third-order valence-electron chi connectivity index (χ3n) is 4.15. The predicted molar refractivity (Wildman–Crippen MR) is 79.8 cm³/mol. The third kappa shape index (κ3) is 3.79. The molecule has 0 atom stereocenters. The summed E-state index contributed by atoms with van der Waals surface area (Å²) in [6.07, 6.45) is 6.06. The highest BCUT2D eigenvalue weighted by molar-refractivity contribution is 4.97. The molecule has 0 bridgehead atoms. The summed E-state index contributed by atoms with van der Waals surface area (Å²) in [5, 5.41) is 7.96. The van der Waals surface area contributed by atoms with E-state index in [4.69, 9.17) is 4.74 Å². The molecule has 1 saturated heterocycles. The Labute approximate surface area is 122 Å². The number of aromatic nitrogens is 3. The average Bonchev–Trinajstić information content (AvgIpc) is 2.88. The van der Waals surface area contributed by atoms with Crippen molar-refractivity contribution in [3.05, 3.63) is 12.2 Å². The van der Waals surface area contributed by atoms with Crippen LogP contribution in [0, 0.1) is 5.41 Å². The van der Waals surface area contributed by atoms with E-state index in [1.54, 1.807) is 6.33 Å². The lowest BCUT2D eigenvalue weighted by Gasteiger charge is -2.37. The van der Waals surface area contributed by atoms with Gasteiger partial charge in [-0.1, -0.05) is 6.92 Å². The van der Waals surface area contributed by atoms with Crippen molar-refractivity contribution in [3.8, 4) is 0 Å². The Hall–Kier alpha value is -0.940. The summed E-state index contributed by atoms with van der Waals surface area (Å²) in [6.45, 7) is 10.4. The first-order chi connectivity index (χ1) is 9.67. The van der Waals surface area contributed by atoms with Crippen molar-refractivity contribution in [1.29, 1.82) is 0 Å². The topological polar surface area (TPSA) is 52.0 Å². The van der Waals surface area contributed by atoms with Gasteiger partial charge in [-0.3, -0.25) is 0 Å². The van der Waals surface area contributed by atoms with Crippen LogP contribution in [-0.2, 0) is 11.2 Å². The number of rotatable bonds is 7. The summed E-state index contributed by atoms with van der Waals surface area (Å²) in [4.78, 5) is 4.49. The zero-order chi connectivity index (χ0) is 14.4. The number of hydrogen-bond acceptors (Lipinski definition) is 4. The van der Waals surface area contributed by atoms with Crippen LogP contribution in [0.3, 0.4) is 0 Å². The molecule has 1 N–H and O–H groups in total. The van der Waals surface area contributed by atoms with Crippen molar-refractivity contribution in [2.24, 2.45) is 5.41 Å². The molecule has 1 aromatic heterocycles. The Morgan fingerprint density at radius 2 is 2.15 bits per heavy atom. The van der Waals surface area contributed by atoms with Gasteiger partial charge in [-0.2, -0.15) is 5.10 Å². The van der Waals surface area contributed by atoms with Crippen LogP contribution in [0.5, 0.6) is 0 Å². The minimum Gasteiger partial charge on any atom is -0.381 e. The van der Waals surface area contributed by atoms with E-state index in [2.05, 4.69) is 40.9 Å². The minimum absolute atomic E-state index is 0.271. The second kappa shape index (κ2) is 7.18. The molecular formula is C15H28N4O.